The van der Waals surface area contributed by atoms with Crippen molar-refractivity contribution in [2.75, 3.05) is 0 Å². The number of allylic oxidation sites excluding steroid dienone is 1. The van der Waals surface area contributed by atoms with Crippen molar-refractivity contribution in [3.63, 3.8) is 0 Å². The molecule has 0 unspecified atom stereocenters. The highest BCUT2D eigenvalue weighted by Gasteiger charge is 2.07. The zero-order chi connectivity index (χ0) is 9.78. The van der Waals surface area contributed by atoms with E-state index in [1.807, 2.05) is 6.08 Å². The predicted octanol–water partition coefficient (Wildman–Crippen LogP) is 3.00. The summed E-state index contributed by atoms with van der Waals surface area (Å²) in [6, 6.07) is 0. The molecule has 1 N–H and O–H groups in total. The van der Waals surface area contributed by atoms with Gasteiger partial charge < -0.3 is 5.11 Å². The smallest absolute Gasteiger partial charge is 0.0723 e. The highest BCUT2D eigenvalue weighted by atomic mass is 16.3. The molecule has 0 rings (SSSR count). The van der Waals surface area contributed by atoms with E-state index in [-0.39, 0.29) is 11.5 Å². The maximum absolute atomic E-state index is 9.50. The van der Waals surface area contributed by atoms with Crippen LogP contribution >= 0.6 is 0 Å². The lowest BCUT2D eigenvalue weighted by Gasteiger charge is -2.14. The molecular formula is C11H22O. The van der Waals surface area contributed by atoms with E-state index in [0.29, 0.717) is 5.92 Å². The number of hydrogen-bond donors (Lipinski definition) is 1. The van der Waals surface area contributed by atoms with Gasteiger partial charge in [-0.2, -0.15) is 0 Å². The van der Waals surface area contributed by atoms with Crippen LogP contribution in [0, 0.1) is 11.3 Å². The highest BCUT2D eigenvalue weighted by Crippen LogP contribution is 2.16. The van der Waals surface area contributed by atoms with Crippen LogP contribution in [0.4, 0.5) is 0 Å². The monoisotopic (exact) mass is 170 g/mol. The van der Waals surface area contributed by atoms with Gasteiger partial charge in [-0.05, 0) is 17.8 Å². The van der Waals surface area contributed by atoms with E-state index in [9.17, 15) is 5.11 Å². The van der Waals surface area contributed by atoms with Gasteiger partial charge in [0.05, 0.1) is 6.10 Å². The van der Waals surface area contributed by atoms with E-state index in [1.165, 1.54) is 0 Å². The third-order valence-electron chi connectivity index (χ3n) is 1.53. The van der Waals surface area contributed by atoms with Crippen molar-refractivity contribution in [1.29, 1.82) is 0 Å². The largest absolute Gasteiger partial charge is 0.389 e. The second kappa shape index (κ2) is 4.66. The van der Waals surface area contributed by atoms with Crippen LogP contribution in [0.1, 0.15) is 41.0 Å². The normalized spacial score (nSPS) is 15.9. The zero-order valence-corrected chi connectivity index (χ0v) is 8.96. The third-order valence-corrected chi connectivity index (χ3v) is 1.53. The lowest BCUT2D eigenvalue weighted by Crippen LogP contribution is -2.08. The summed E-state index contributed by atoms with van der Waals surface area (Å²) >= 11 is 0. The molecule has 0 radical (unpaired) electrons. The fourth-order valence-electron chi connectivity index (χ4n) is 0.961. The van der Waals surface area contributed by atoms with Gasteiger partial charge in [-0.15, -0.1) is 0 Å². The lowest BCUT2D eigenvalue weighted by atomic mass is 9.94. The predicted molar refractivity (Wildman–Crippen MR) is 54.1 cm³/mol. The minimum Gasteiger partial charge on any atom is -0.389 e. The maximum Gasteiger partial charge on any atom is 0.0723 e. The van der Waals surface area contributed by atoms with Crippen LogP contribution in [0.15, 0.2) is 12.2 Å². The molecule has 0 saturated heterocycles. The Morgan fingerprint density at radius 2 is 1.75 bits per heavy atom. The Kier molecular flexibility index (Phi) is 4.54. The van der Waals surface area contributed by atoms with Crippen molar-refractivity contribution in [2.24, 2.45) is 11.3 Å². The summed E-state index contributed by atoms with van der Waals surface area (Å²) in [5, 5.41) is 9.50. The molecule has 0 amide bonds. The maximum atomic E-state index is 9.50. The minimum atomic E-state index is -0.274. The van der Waals surface area contributed by atoms with Gasteiger partial charge in [-0.1, -0.05) is 46.8 Å². The van der Waals surface area contributed by atoms with Crippen LogP contribution in [-0.4, -0.2) is 11.2 Å². The molecule has 0 aliphatic carbocycles. The molecule has 0 aliphatic heterocycles. The van der Waals surface area contributed by atoms with Gasteiger partial charge in [-0.3, -0.25) is 0 Å². The minimum absolute atomic E-state index is 0.179. The Labute approximate surface area is 76.5 Å². The van der Waals surface area contributed by atoms with Gasteiger partial charge in [0.2, 0.25) is 0 Å². The molecule has 0 aromatic rings. The van der Waals surface area contributed by atoms with Crippen molar-refractivity contribution in [3.8, 4) is 0 Å². The van der Waals surface area contributed by atoms with E-state index in [1.54, 1.807) is 0 Å². The van der Waals surface area contributed by atoms with E-state index in [0.717, 1.165) is 6.42 Å². The zero-order valence-electron chi connectivity index (χ0n) is 8.96. The standard InChI is InChI=1S/C11H22O/c1-9(2)8-10(12)6-7-11(3,4)5/h6-7,9-10,12H,8H2,1-5H3/t10-/m0/s1. The van der Waals surface area contributed by atoms with Crippen molar-refractivity contribution < 1.29 is 5.11 Å². The molecule has 0 aromatic heterocycles. The van der Waals surface area contributed by atoms with E-state index in [4.69, 9.17) is 0 Å². The average Bonchev–Trinajstić information content (AvgIpc) is 1.80. The quantitative estimate of drug-likeness (QED) is 0.646. The van der Waals surface area contributed by atoms with Crippen LogP contribution in [0.2, 0.25) is 0 Å². The van der Waals surface area contributed by atoms with Gasteiger partial charge in [-0.25, -0.2) is 0 Å². The van der Waals surface area contributed by atoms with Gasteiger partial charge in [0.1, 0.15) is 0 Å². The van der Waals surface area contributed by atoms with Crippen molar-refractivity contribution in [3.05, 3.63) is 12.2 Å². The average molecular weight is 170 g/mol. The lowest BCUT2D eigenvalue weighted by molar-refractivity contribution is 0.193. The molecular weight excluding hydrogens is 148 g/mol. The molecule has 0 aliphatic rings. The van der Waals surface area contributed by atoms with Crippen LogP contribution in [0.25, 0.3) is 0 Å². The van der Waals surface area contributed by atoms with E-state index < -0.39 is 0 Å². The van der Waals surface area contributed by atoms with E-state index >= 15 is 0 Å². The summed E-state index contributed by atoms with van der Waals surface area (Å²) in [7, 11) is 0. The molecule has 1 atom stereocenters. The summed E-state index contributed by atoms with van der Waals surface area (Å²) in [6.07, 6.45) is 4.55. The summed E-state index contributed by atoms with van der Waals surface area (Å²) < 4.78 is 0. The first-order valence-electron chi connectivity index (χ1n) is 4.68. The number of aliphatic hydroxyl groups excluding tert-OH is 1. The summed E-state index contributed by atoms with van der Waals surface area (Å²) in [4.78, 5) is 0. The first-order chi connectivity index (χ1) is 5.31. The Morgan fingerprint density at radius 3 is 2.08 bits per heavy atom. The third kappa shape index (κ3) is 7.80. The Bertz CT molecular complexity index is 140. The highest BCUT2D eigenvalue weighted by molar-refractivity contribution is 4.96. The van der Waals surface area contributed by atoms with Crippen LogP contribution in [-0.2, 0) is 0 Å². The van der Waals surface area contributed by atoms with Crippen molar-refractivity contribution in [2.45, 2.75) is 47.1 Å². The Balaban J connectivity index is 3.83. The van der Waals surface area contributed by atoms with Crippen molar-refractivity contribution in [1.82, 2.24) is 0 Å². The molecule has 0 spiro atoms. The SMILES string of the molecule is CC(C)C[C@@H](O)C=CC(C)(C)C. The molecule has 0 bridgehead atoms. The van der Waals surface area contributed by atoms with Crippen LogP contribution < -0.4 is 0 Å². The summed E-state index contributed by atoms with van der Waals surface area (Å²) in [5.41, 5.74) is 0.179. The van der Waals surface area contributed by atoms with Crippen LogP contribution in [0.5, 0.6) is 0 Å². The fraction of sp³-hybridized carbons (Fsp3) is 0.818. The number of hydrogen-bond acceptors (Lipinski definition) is 1. The summed E-state index contributed by atoms with van der Waals surface area (Å²) in [6.45, 7) is 10.6. The van der Waals surface area contributed by atoms with Crippen molar-refractivity contribution >= 4 is 0 Å². The molecule has 72 valence electrons. The van der Waals surface area contributed by atoms with Gasteiger partial charge >= 0.3 is 0 Å². The second-order valence-electron chi connectivity index (χ2n) is 4.92. The topological polar surface area (TPSA) is 20.2 Å². The van der Waals surface area contributed by atoms with Gasteiger partial charge in [0, 0.05) is 0 Å². The molecule has 12 heavy (non-hydrogen) atoms. The fourth-order valence-corrected chi connectivity index (χ4v) is 0.961. The number of rotatable bonds is 3. The molecule has 0 saturated carbocycles. The first kappa shape index (κ1) is 11.7. The molecule has 0 fully saturated rings. The Morgan fingerprint density at radius 1 is 1.25 bits per heavy atom. The second-order valence-corrected chi connectivity index (χ2v) is 4.92. The van der Waals surface area contributed by atoms with Gasteiger partial charge in [0.25, 0.3) is 0 Å². The molecule has 1 nitrogen and oxygen atoms in total. The molecule has 1 heteroatoms. The molecule has 0 heterocycles. The van der Waals surface area contributed by atoms with Gasteiger partial charge in [0.15, 0.2) is 0 Å². The first-order valence-corrected chi connectivity index (χ1v) is 4.68. The number of aliphatic hydroxyl groups is 1. The summed E-state index contributed by atoms with van der Waals surface area (Å²) in [5.74, 6) is 0.560. The molecule has 0 aromatic carbocycles. The van der Waals surface area contributed by atoms with E-state index in [2.05, 4.69) is 40.7 Å². The Hall–Kier alpha value is -0.300. The van der Waals surface area contributed by atoms with Crippen LogP contribution in [0.3, 0.4) is 0 Å².